The predicted molar refractivity (Wildman–Crippen MR) is 54.0 cm³/mol. The molecule has 1 aliphatic heterocycles. The normalized spacial score (nSPS) is 16.1. The van der Waals surface area contributed by atoms with Gasteiger partial charge in [0, 0.05) is 0 Å². The highest BCUT2D eigenvalue weighted by molar-refractivity contribution is 9.10. The van der Waals surface area contributed by atoms with Crippen LogP contribution >= 0.6 is 15.9 Å². The number of nitrogens with zero attached hydrogens (tertiary/aromatic N) is 1. The van der Waals surface area contributed by atoms with Crippen molar-refractivity contribution in [2.75, 3.05) is 13.2 Å². The summed E-state index contributed by atoms with van der Waals surface area (Å²) in [5.41, 5.74) is 0.422. The number of ether oxygens (including phenoxy) is 1. The first-order chi connectivity index (χ1) is 6.75. The van der Waals surface area contributed by atoms with Crippen LogP contribution in [-0.4, -0.2) is 30.1 Å². The zero-order valence-corrected chi connectivity index (χ0v) is 8.95. The van der Waals surface area contributed by atoms with E-state index in [0.717, 1.165) is 0 Å². The van der Waals surface area contributed by atoms with E-state index in [0.29, 0.717) is 23.5 Å². The van der Waals surface area contributed by atoms with Crippen LogP contribution in [0.4, 0.5) is 0 Å². The molecule has 0 unspecified atom stereocenters. The molecule has 1 aliphatic rings. The maximum atomic E-state index is 11.6. The Bertz CT molecular complexity index is 352. The number of hydrogen-bond donors (Lipinski definition) is 1. The van der Waals surface area contributed by atoms with E-state index < -0.39 is 0 Å². The van der Waals surface area contributed by atoms with Crippen LogP contribution in [0.25, 0.3) is 0 Å². The van der Waals surface area contributed by atoms with Gasteiger partial charge in [0.15, 0.2) is 0 Å². The number of halogens is 1. The van der Waals surface area contributed by atoms with Gasteiger partial charge in [0.1, 0.15) is 10.3 Å². The molecule has 1 aromatic rings. The Kier molecular flexibility index (Phi) is 2.79. The summed E-state index contributed by atoms with van der Waals surface area (Å²) in [4.78, 5) is 15.6. The van der Waals surface area contributed by atoms with E-state index in [9.17, 15) is 4.79 Å². The SMILES string of the molecule is O=C(NC1COC1)c1cccc(Br)n1. The fraction of sp³-hybridized carbons (Fsp3) is 0.333. The molecule has 0 aromatic carbocycles. The second-order valence-electron chi connectivity index (χ2n) is 3.05. The first kappa shape index (κ1) is 9.61. The van der Waals surface area contributed by atoms with Crippen molar-refractivity contribution in [3.8, 4) is 0 Å². The molecule has 74 valence electrons. The van der Waals surface area contributed by atoms with Crippen LogP contribution in [0.15, 0.2) is 22.8 Å². The molecule has 0 radical (unpaired) electrons. The molecule has 1 saturated heterocycles. The molecule has 1 aromatic heterocycles. The summed E-state index contributed by atoms with van der Waals surface area (Å²) in [5.74, 6) is -0.153. The maximum absolute atomic E-state index is 11.6. The zero-order chi connectivity index (χ0) is 9.97. The van der Waals surface area contributed by atoms with Crippen molar-refractivity contribution in [3.05, 3.63) is 28.5 Å². The van der Waals surface area contributed by atoms with Crippen molar-refractivity contribution < 1.29 is 9.53 Å². The molecule has 5 heteroatoms. The van der Waals surface area contributed by atoms with Gasteiger partial charge < -0.3 is 10.1 Å². The predicted octanol–water partition coefficient (Wildman–Crippen LogP) is 0.973. The number of hydrogen-bond acceptors (Lipinski definition) is 3. The summed E-state index contributed by atoms with van der Waals surface area (Å²) < 4.78 is 5.61. The fourth-order valence-corrected chi connectivity index (χ4v) is 1.46. The van der Waals surface area contributed by atoms with E-state index in [1.165, 1.54) is 0 Å². The highest BCUT2D eigenvalue weighted by atomic mass is 79.9. The number of pyridine rings is 1. The summed E-state index contributed by atoms with van der Waals surface area (Å²) in [7, 11) is 0. The van der Waals surface area contributed by atoms with Crippen molar-refractivity contribution in [2.45, 2.75) is 6.04 Å². The van der Waals surface area contributed by atoms with E-state index in [-0.39, 0.29) is 11.9 Å². The first-order valence-corrected chi connectivity index (χ1v) is 5.06. The van der Waals surface area contributed by atoms with Crippen LogP contribution in [0, 0.1) is 0 Å². The van der Waals surface area contributed by atoms with E-state index in [4.69, 9.17) is 4.74 Å². The molecule has 0 bridgehead atoms. The van der Waals surface area contributed by atoms with Crippen LogP contribution in [0.5, 0.6) is 0 Å². The van der Waals surface area contributed by atoms with Gasteiger partial charge in [-0.1, -0.05) is 6.07 Å². The summed E-state index contributed by atoms with van der Waals surface area (Å²) in [6.45, 7) is 1.19. The Balaban J connectivity index is 2.02. The molecular formula is C9H9BrN2O2. The maximum Gasteiger partial charge on any atom is 0.270 e. The van der Waals surface area contributed by atoms with Gasteiger partial charge in [-0.2, -0.15) is 0 Å². The van der Waals surface area contributed by atoms with Crippen molar-refractivity contribution >= 4 is 21.8 Å². The molecule has 0 saturated carbocycles. The van der Waals surface area contributed by atoms with Gasteiger partial charge in [0.05, 0.1) is 19.3 Å². The smallest absolute Gasteiger partial charge is 0.270 e. The van der Waals surface area contributed by atoms with Crippen LogP contribution in [-0.2, 0) is 4.74 Å². The van der Waals surface area contributed by atoms with Gasteiger partial charge >= 0.3 is 0 Å². The van der Waals surface area contributed by atoms with E-state index in [1.54, 1.807) is 18.2 Å². The minimum absolute atomic E-state index is 0.142. The lowest BCUT2D eigenvalue weighted by Crippen LogP contribution is -2.48. The number of rotatable bonds is 2. The molecule has 2 rings (SSSR count). The van der Waals surface area contributed by atoms with Crippen LogP contribution in [0.1, 0.15) is 10.5 Å². The van der Waals surface area contributed by atoms with E-state index in [1.807, 2.05) is 0 Å². The lowest BCUT2D eigenvalue weighted by atomic mass is 10.2. The first-order valence-electron chi connectivity index (χ1n) is 4.27. The summed E-state index contributed by atoms with van der Waals surface area (Å²) in [5, 5.41) is 2.81. The number of aromatic nitrogens is 1. The molecule has 1 fully saturated rings. The quantitative estimate of drug-likeness (QED) is 0.803. The fourth-order valence-electron chi connectivity index (χ4n) is 1.11. The number of carbonyl (C=O) groups excluding carboxylic acids is 1. The third kappa shape index (κ3) is 2.10. The van der Waals surface area contributed by atoms with Crippen molar-refractivity contribution in [3.63, 3.8) is 0 Å². The summed E-state index contributed by atoms with van der Waals surface area (Å²) in [6.07, 6.45) is 0. The molecule has 1 N–H and O–H groups in total. The van der Waals surface area contributed by atoms with Gasteiger partial charge in [-0.3, -0.25) is 4.79 Å². The lowest BCUT2D eigenvalue weighted by Gasteiger charge is -2.26. The minimum atomic E-state index is -0.153. The Labute approximate surface area is 89.8 Å². The standard InChI is InChI=1S/C9H9BrN2O2/c10-8-3-1-2-7(12-8)9(13)11-6-4-14-5-6/h1-3,6H,4-5H2,(H,11,13). The highest BCUT2D eigenvalue weighted by Gasteiger charge is 2.21. The average Bonchev–Trinajstić information content (AvgIpc) is 2.11. The lowest BCUT2D eigenvalue weighted by molar-refractivity contribution is -0.00355. The van der Waals surface area contributed by atoms with Gasteiger partial charge in [0.25, 0.3) is 5.91 Å². The van der Waals surface area contributed by atoms with Gasteiger partial charge in [-0.15, -0.1) is 0 Å². The van der Waals surface area contributed by atoms with E-state index in [2.05, 4.69) is 26.2 Å². The Morgan fingerprint density at radius 1 is 1.57 bits per heavy atom. The number of nitrogens with one attached hydrogen (secondary N) is 1. The molecule has 0 atom stereocenters. The second kappa shape index (κ2) is 4.06. The number of carbonyl (C=O) groups is 1. The molecule has 0 aliphatic carbocycles. The molecule has 14 heavy (non-hydrogen) atoms. The summed E-state index contributed by atoms with van der Waals surface area (Å²) >= 11 is 3.21. The van der Waals surface area contributed by atoms with Gasteiger partial charge in [0.2, 0.25) is 0 Å². The van der Waals surface area contributed by atoms with Crippen LogP contribution in [0.2, 0.25) is 0 Å². The highest BCUT2D eigenvalue weighted by Crippen LogP contribution is 2.07. The van der Waals surface area contributed by atoms with E-state index >= 15 is 0 Å². The number of amides is 1. The Hall–Kier alpha value is -0.940. The van der Waals surface area contributed by atoms with Crippen molar-refractivity contribution in [2.24, 2.45) is 0 Å². The minimum Gasteiger partial charge on any atom is -0.377 e. The van der Waals surface area contributed by atoms with Crippen LogP contribution in [0.3, 0.4) is 0 Å². The molecule has 4 nitrogen and oxygen atoms in total. The molecular weight excluding hydrogens is 248 g/mol. The average molecular weight is 257 g/mol. The van der Waals surface area contributed by atoms with Crippen molar-refractivity contribution in [1.29, 1.82) is 0 Å². The third-order valence-corrected chi connectivity index (χ3v) is 2.36. The molecule has 2 heterocycles. The molecule has 0 spiro atoms. The van der Waals surface area contributed by atoms with Crippen LogP contribution < -0.4 is 5.32 Å². The summed E-state index contributed by atoms with van der Waals surface area (Å²) in [6, 6.07) is 5.38. The van der Waals surface area contributed by atoms with Gasteiger partial charge in [-0.25, -0.2) is 4.98 Å². The zero-order valence-electron chi connectivity index (χ0n) is 7.37. The monoisotopic (exact) mass is 256 g/mol. The third-order valence-electron chi connectivity index (χ3n) is 1.92. The Morgan fingerprint density at radius 2 is 2.36 bits per heavy atom. The second-order valence-corrected chi connectivity index (χ2v) is 3.87. The largest absolute Gasteiger partial charge is 0.377 e. The topological polar surface area (TPSA) is 51.2 Å². The van der Waals surface area contributed by atoms with Crippen molar-refractivity contribution in [1.82, 2.24) is 10.3 Å². The Morgan fingerprint density at radius 3 is 2.93 bits per heavy atom. The van der Waals surface area contributed by atoms with Gasteiger partial charge in [-0.05, 0) is 28.1 Å². The molecule has 1 amide bonds.